The smallest absolute Gasteiger partial charge is 0.347 e. The van der Waals surface area contributed by atoms with E-state index in [1.807, 2.05) is 0 Å². The molecule has 19 N–H and O–H groups in total. The number of esters is 4. The number of carboxylic acids is 3. The fourth-order valence-electron chi connectivity index (χ4n) is 7.58. The first-order valence-electron chi connectivity index (χ1n) is 30.1. The van der Waals surface area contributed by atoms with Crippen LogP contribution in [0.3, 0.4) is 0 Å². The molecule has 0 fully saturated rings. The molecule has 0 saturated carbocycles. The van der Waals surface area contributed by atoms with E-state index in [-0.39, 0.29) is 26.2 Å². The maximum absolute atomic E-state index is 13.9. The van der Waals surface area contributed by atoms with Crippen molar-refractivity contribution in [2.75, 3.05) is 164 Å². The fourth-order valence-corrected chi connectivity index (χ4v) is 7.58. The molecule has 45 heteroatoms. The molecular formula is C54H93N9O36. The Bertz CT molecular complexity index is 2190. The van der Waals surface area contributed by atoms with Crippen LogP contribution in [-0.2, 0) is 81.4 Å². The van der Waals surface area contributed by atoms with E-state index in [4.69, 9.17) is 58.7 Å². The number of aliphatic hydroxyl groups is 16. The predicted octanol–water partition coefficient (Wildman–Crippen LogP) is -13.2. The maximum atomic E-state index is 13.9. The number of aliphatic carboxylic acids is 3. The summed E-state index contributed by atoms with van der Waals surface area (Å²) in [6, 6.07) is 0. The van der Waals surface area contributed by atoms with Crippen LogP contribution in [-0.4, -0.2) is 438 Å². The second-order valence-electron chi connectivity index (χ2n) is 20.9. The van der Waals surface area contributed by atoms with Crippen LogP contribution < -0.4 is 0 Å². The van der Waals surface area contributed by atoms with Crippen LogP contribution in [0.1, 0.15) is 25.7 Å². The minimum Gasteiger partial charge on any atom is -0.480 e. The standard InChI is InChI=1S/C54H93N9O36/c64-26-38(72)51(88)34(68)1-5-55-96-30-47(84)92-17-13-62(14-18-93-48(85)31-97-56-6-2-35(69)52(89)39(73)27-65)42(76)21-60(24-45(80)81)11-9-59(23-44(78)79)10-12-61(25-46(82)83)22-43(77)63(15-19-94-49(86)32-98-57-7-3-36(70)53(90)40(74)28-66)16-20-95-50(87)33-99-58-8-4-37(71)54(91)41(75)29-67/h5-8,34-41,51-54,64-75,88-91H,1-4,9-33H2,(H,78,79)(H,80,81)(H,82,83)/b55-5+,56-6+,57-7+,58-8+/t34-,35-,36-,37-,38+,39+,40+,41+,51-,52-,53-,54-/m0/s1. The highest BCUT2D eigenvalue weighted by Gasteiger charge is 2.29. The average molecular weight is 1440 g/mol. The lowest BCUT2D eigenvalue weighted by molar-refractivity contribution is -0.153. The topological polar surface area (TPSA) is 677 Å². The quantitative estimate of drug-likeness (QED) is 0.0116. The Hall–Kier alpha value is -7.65. The largest absolute Gasteiger partial charge is 0.480 e. The first-order chi connectivity index (χ1) is 46.9. The first-order valence-corrected chi connectivity index (χ1v) is 30.1. The van der Waals surface area contributed by atoms with E-state index < -0.39 is 291 Å². The van der Waals surface area contributed by atoms with E-state index in [0.717, 1.165) is 44.5 Å². The normalized spacial score (nSPS) is 15.5. The number of aliphatic hydroxyl groups excluding tert-OH is 16. The summed E-state index contributed by atoms with van der Waals surface area (Å²) in [4.78, 5) is 138. The third-order valence-corrected chi connectivity index (χ3v) is 13.1. The molecule has 0 aromatic heterocycles. The molecule has 0 rings (SSSR count). The number of hydrogen-bond acceptors (Lipinski definition) is 40. The Balaban J connectivity index is 6.38. The molecule has 0 heterocycles. The second kappa shape index (κ2) is 54.2. The summed E-state index contributed by atoms with van der Waals surface area (Å²) in [6.07, 6.45) is -17.8. The summed E-state index contributed by atoms with van der Waals surface area (Å²) in [7, 11) is 0. The molecule has 0 aliphatic heterocycles. The molecule has 0 unspecified atom stereocenters. The van der Waals surface area contributed by atoms with Crippen molar-refractivity contribution < 1.29 is 178 Å². The van der Waals surface area contributed by atoms with Crippen LogP contribution in [0.5, 0.6) is 0 Å². The minimum absolute atomic E-state index is 0.344. The molecule has 12 atom stereocenters. The van der Waals surface area contributed by atoms with Crippen molar-refractivity contribution >= 4 is 78.5 Å². The van der Waals surface area contributed by atoms with Gasteiger partial charge in [-0.2, -0.15) is 0 Å². The van der Waals surface area contributed by atoms with Gasteiger partial charge in [0, 0.05) is 76.7 Å². The van der Waals surface area contributed by atoms with Crippen molar-refractivity contribution in [3.05, 3.63) is 0 Å². The highest BCUT2D eigenvalue weighted by Crippen LogP contribution is 2.08. The summed E-state index contributed by atoms with van der Waals surface area (Å²) in [5.74, 6) is -10.4. The third-order valence-electron chi connectivity index (χ3n) is 13.1. The maximum Gasteiger partial charge on any atom is 0.347 e. The number of carbonyl (C=O) groups excluding carboxylic acids is 6. The zero-order valence-corrected chi connectivity index (χ0v) is 53.7. The SMILES string of the molecule is O=C(O)CN(CCN(CC(=O)O)CC(=O)N(CCOC(=O)CO/N=C/C[C@H](O)[C@H](O)[C@H](O)CO)CCOC(=O)CO/N=C/C[C@H](O)[C@H](O)[C@H](O)CO)CCN(CC(=O)O)CC(=O)N(CCOC(=O)CO/N=C/C[C@H](O)[C@H](O)[C@H](O)CO)CCOC(=O)CO/N=C/C[C@H](O)[C@H](O)[C@H](O)CO. The molecule has 0 spiro atoms. The van der Waals surface area contributed by atoms with Crippen LogP contribution in [0.4, 0.5) is 0 Å². The van der Waals surface area contributed by atoms with Crippen LogP contribution >= 0.6 is 0 Å². The van der Waals surface area contributed by atoms with Crippen molar-refractivity contribution in [1.29, 1.82) is 0 Å². The van der Waals surface area contributed by atoms with Crippen molar-refractivity contribution in [2.45, 2.75) is 98.9 Å². The Labute approximate surface area is 564 Å². The van der Waals surface area contributed by atoms with Crippen LogP contribution in [0, 0.1) is 0 Å². The third kappa shape index (κ3) is 44.2. The number of rotatable bonds is 60. The van der Waals surface area contributed by atoms with Crippen molar-refractivity contribution in [2.24, 2.45) is 20.6 Å². The first kappa shape index (κ1) is 91.4. The Morgan fingerprint density at radius 1 is 0.303 bits per heavy atom. The second-order valence-corrected chi connectivity index (χ2v) is 20.9. The number of nitrogens with zero attached hydrogens (tertiary/aromatic N) is 9. The molecule has 99 heavy (non-hydrogen) atoms. The number of amides is 2. The molecule has 0 aliphatic carbocycles. The monoisotopic (exact) mass is 1440 g/mol. The molecule has 570 valence electrons. The molecule has 0 saturated heterocycles. The van der Waals surface area contributed by atoms with E-state index in [2.05, 4.69) is 20.6 Å². The van der Waals surface area contributed by atoms with Gasteiger partial charge in [-0.1, -0.05) is 20.6 Å². The highest BCUT2D eigenvalue weighted by atomic mass is 16.7. The summed E-state index contributed by atoms with van der Waals surface area (Å²) >= 11 is 0. The molecule has 0 radical (unpaired) electrons. The molecule has 45 nitrogen and oxygen atoms in total. The van der Waals surface area contributed by atoms with Crippen molar-refractivity contribution in [3.63, 3.8) is 0 Å². The van der Waals surface area contributed by atoms with Crippen LogP contribution in [0.25, 0.3) is 0 Å². The van der Waals surface area contributed by atoms with E-state index in [1.54, 1.807) is 0 Å². The van der Waals surface area contributed by atoms with Gasteiger partial charge in [-0.25, -0.2) is 19.2 Å². The van der Waals surface area contributed by atoms with Gasteiger partial charge >= 0.3 is 41.8 Å². The molecule has 2 amide bonds. The Morgan fingerprint density at radius 2 is 0.515 bits per heavy atom. The van der Waals surface area contributed by atoms with Gasteiger partial charge in [0.1, 0.15) is 75.3 Å². The molecular weight excluding hydrogens is 1350 g/mol. The van der Waals surface area contributed by atoms with Crippen molar-refractivity contribution in [3.8, 4) is 0 Å². The number of carbonyl (C=O) groups is 9. The van der Waals surface area contributed by atoms with Gasteiger partial charge in [0.15, 0.2) is 0 Å². The lowest BCUT2D eigenvalue weighted by atomic mass is 10.1. The van der Waals surface area contributed by atoms with E-state index >= 15 is 0 Å². The van der Waals surface area contributed by atoms with Crippen LogP contribution in [0.15, 0.2) is 20.6 Å². The van der Waals surface area contributed by atoms with Gasteiger partial charge in [0.05, 0.1) is 110 Å². The Morgan fingerprint density at radius 3 is 0.727 bits per heavy atom. The van der Waals surface area contributed by atoms with Gasteiger partial charge < -0.3 is 145 Å². The molecule has 0 aromatic rings. The number of hydrogen-bond donors (Lipinski definition) is 19. The zero-order valence-electron chi connectivity index (χ0n) is 53.7. The fraction of sp³-hybridized carbons (Fsp3) is 0.759. The molecule has 0 aliphatic rings. The average Bonchev–Trinajstić information content (AvgIpc) is 1.21. The predicted molar refractivity (Wildman–Crippen MR) is 326 cm³/mol. The van der Waals surface area contributed by atoms with Gasteiger partial charge in [-0.05, 0) is 0 Å². The highest BCUT2D eigenvalue weighted by molar-refractivity contribution is 5.80. The summed E-state index contributed by atoms with van der Waals surface area (Å²) in [5, 5.41) is 195. The van der Waals surface area contributed by atoms with E-state index in [9.17, 15) is 120 Å². The van der Waals surface area contributed by atoms with E-state index in [1.165, 1.54) is 4.90 Å². The van der Waals surface area contributed by atoms with Crippen molar-refractivity contribution in [1.82, 2.24) is 24.5 Å². The molecule has 0 aromatic carbocycles. The lowest BCUT2D eigenvalue weighted by Crippen LogP contribution is -2.49. The zero-order chi connectivity index (χ0) is 74.8. The van der Waals surface area contributed by atoms with Gasteiger partial charge in [0.2, 0.25) is 38.2 Å². The summed E-state index contributed by atoms with van der Waals surface area (Å²) < 4.78 is 20.4. The van der Waals surface area contributed by atoms with E-state index in [0.29, 0.717) is 0 Å². The van der Waals surface area contributed by atoms with Gasteiger partial charge in [-0.3, -0.25) is 38.7 Å². The number of oxime groups is 4. The van der Waals surface area contributed by atoms with Gasteiger partial charge in [-0.15, -0.1) is 0 Å². The number of carboxylic acid groups (broad SMARTS) is 3. The number of ether oxygens (including phenoxy) is 4. The molecule has 0 bridgehead atoms. The minimum atomic E-state index is -1.75. The summed E-state index contributed by atoms with van der Waals surface area (Å²) in [5.41, 5.74) is 0. The van der Waals surface area contributed by atoms with Crippen LogP contribution in [0.2, 0.25) is 0 Å². The van der Waals surface area contributed by atoms with Gasteiger partial charge in [0.25, 0.3) is 0 Å². The Kier molecular flexibility index (Phi) is 50.0. The lowest BCUT2D eigenvalue weighted by Gasteiger charge is -2.30. The summed E-state index contributed by atoms with van der Waals surface area (Å²) in [6.45, 7) is -16.4.